The SMILES string of the molecule is O=C(O)/C(=C\c1ccc(OC(F)F)cc1)c1ccccc1. The van der Waals surface area contributed by atoms with Crippen molar-refractivity contribution in [3.05, 3.63) is 65.7 Å². The Morgan fingerprint density at radius 2 is 1.67 bits per heavy atom. The first-order valence-corrected chi connectivity index (χ1v) is 6.11. The van der Waals surface area contributed by atoms with E-state index in [-0.39, 0.29) is 11.3 Å². The van der Waals surface area contributed by atoms with Gasteiger partial charge in [-0.05, 0) is 29.3 Å². The fraction of sp³-hybridized carbons (Fsp3) is 0.0625. The first-order valence-electron chi connectivity index (χ1n) is 6.11. The average Bonchev–Trinajstić information content (AvgIpc) is 2.46. The van der Waals surface area contributed by atoms with E-state index in [0.717, 1.165) is 0 Å². The summed E-state index contributed by atoms with van der Waals surface area (Å²) in [7, 11) is 0. The molecule has 0 saturated carbocycles. The second kappa shape index (κ2) is 6.65. The van der Waals surface area contributed by atoms with Gasteiger partial charge in [0.2, 0.25) is 0 Å². The molecule has 0 aliphatic heterocycles. The summed E-state index contributed by atoms with van der Waals surface area (Å²) in [6.07, 6.45) is 1.48. The molecular weight excluding hydrogens is 278 g/mol. The minimum absolute atomic E-state index is 0.0266. The van der Waals surface area contributed by atoms with Crippen LogP contribution in [0.1, 0.15) is 11.1 Å². The van der Waals surface area contributed by atoms with Crippen molar-refractivity contribution in [2.24, 2.45) is 0 Å². The fourth-order valence-corrected chi connectivity index (χ4v) is 1.80. The van der Waals surface area contributed by atoms with Crippen molar-refractivity contribution < 1.29 is 23.4 Å². The normalized spacial score (nSPS) is 11.5. The third-order valence-corrected chi connectivity index (χ3v) is 2.73. The molecule has 0 heterocycles. The summed E-state index contributed by atoms with van der Waals surface area (Å²) in [4.78, 5) is 11.3. The second-order valence-electron chi connectivity index (χ2n) is 4.18. The molecule has 0 bridgehead atoms. The Bertz CT molecular complexity index is 634. The molecule has 2 rings (SSSR count). The lowest BCUT2D eigenvalue weighted by Gasteiger charge is -2.05. The number of aliphatic carboxylic acids is 1. The van der Waals surface area contributed by atoms with Gasteiger partial charge in [0.25, 0.3) is 0 Å². The molecule has 0 aliphatic carbocycles. The Labute approximate surface area is 120 Å². The van der Waals surface area contributed by atoms with Gasteiger partial charge in [-0.1, -0.05) is 42.5 Å². The predicted molar refractivity (Wildman–Crippen MR) is 75.0 cm³/mol. The average molecular weight is 290 g/mol. The highest BCUT2D eigenvalue weighted by atomic mass is 19.3. The first kappa shape index (κ1) is 14.7. The van der Waals surface area contributed by atoms with Crippen molar-refractivity contribution >= 4 is 17.6 Å². The minimum Gasteiger partial charge on any atom is -0.478 e. The molecule has 0 fully saturated rings. The van der Waals surface area contributed by atoms with Gasteiger partial charge in [-0.25, -0.2) is 4.79 Å². The van der Waals surface area contributed by atoms with Crippen LogP contribution < -0.4 is 4.74 Å². The van der Waals surface area contributed by atoms with Crippen molar-refractivity contribution in [1.29, 1.82) is 0 Å². The van der Waals surface area contributed by atoms with Crippen LogP contribution in [0.2, 0.25) is 0 Å². The van der Waals surface area contributed by atoms with E-state index in [1.54, 1.807) is 30.3 Å². The molecule has 2 aromatic rings. The maximum atomic E-state index is 12.0. The van der Waals surface area contributed by atoms with Crippen LogP contribution in [-0.2, 0) is 4.79 Å². The number of benzene rings is 2. The molecule has 0 aliphatic rings. The van der Waals surface area contributed by atoms with E-state index in [9.17, 15) is 18.7 Å². The number of hydrogen-bond acceptors (Lipinski definition) is 2. The topological polar surface area (TPSA) is 46.5 Å². The van der Waals surface area contributed by atoms with E-state index in [4.69, 9.17) is 0 Å². The minimum atomic E-state index is -2.88. The summed E-state index contributed by atoms with van der Waals surface area (Å²) in [5.74, 6) is -1.03. The van der Waals surface area contributed by atoms with Crippen LogP contribution in [-0.4, -0.2) is 17.7 Å². The second-order valence-corrected chi connectivity index (χ2v) is 4.18. The molecule has 0 aromatic heterocycles. The molecule has 108 valence electrons. The van der Waals surface area contributed by atoms with E-state index in [2.05, 4.69) is 4.74 Å². The molecule has 1 N–H and O–H groups in total. The molecule has 0 radical (unpaired) electrons. The van der Waals surface area contributed by atoms with Gasteiger partial charge in [0, 0.05) is 0 Å². The smallest absolute Gasteiger partial charge is 0.387 e. The van der Waals surface area contributed by atoms with E-state index < -0.39 is 12.6 Å². The molecule has 3 nitrogen and oxygen atoms in total. The van der Waals surface area contributed by atoms with E-state index in [1.165, 1.54) is 30.3 Å². The number of alkyl halides is 2. The molecule has 21 heavy (non-hydrogen) atoms. The van der Waals surface area contributed by atoms with Crippen molar-refractivity contribution in [3.63, 3.8) is 0 Å². The number of rotatable bonds is 5. The first-order chi connectivity index (χ1) is 10.1. The van der Waals surface area contributed by atoms with Crippen molar-refractivity contribution in [3.8, 4) is 5.75 Å². The zero-order chi connectivity index (χ0) is 15.2. The summed E-state index contributed by atoms with van der Waals surface area (Å²) in [6, 6.07) is 14.4. The fourth-order valence-electron chi connectivity index (χ4n) is 1.80. The highest BCUT2D eigenvalue weighted by Gasteiger charge is 2.10. The molecule has 5 heteroatoms. The standard InChI is InChI=1S/C16H12F2O3/c17-16(18)21-13-8-6-11(7-9-13)10-14(15(19)20)12-4-2-1-3-5-12/h1-10,16H,(H,19,20)/b14-10-. The van der Waals surface area contributed by atoms with E-state index in [1.807, 2.05) is 0 Å². The molecule has 0 spiro atoms. The Kier molecular flexibility index (Phi) is 4.66. The third kappa shape index (κ3) is 4.14. The lowest BCUT2D eigenvalue weighted by molar-refractivity contribution is -0.130. The predicted octanol–water partition coefficient (Wildman–Crippen LogP) is 3.91. The third-order valence-electron chi connectivity index (χ3n) is 2.73. The number of ether oxygens (including phenoxy) is 1. The number of halogens is 2. The van der Waals surface area contributed by atoms with Gasteiger partial charge >= 0.3 is 12.6 Å². The molecule has 0 saturated heterocycles. The molecule has 0 unspecified atom stereocenters. The van der Waals surface area contributed by atoms with Crippen molar-refractivity contribution in [1.82, 2.24) is 0 Å². The number of hydrogen-bond donors (Lipinski definition) is 1. The van der Waals surface area contributed by atoms with Gasteiger partial charge in [-0.15, -0.1) is 0 Å². The summed E-state index contributed by atoms with van der Waals surface area (Å²) in [5, 5.41) is 9.27. The van der Waals surface area contributed by atoms with Gasteiger partial charge in [0.15, 0.2) is 0 Å². The summed E-state index contributed by atoms with van der Waals surface area (Å²) in [5.41, 5.74) is 1.27. The summed E-state index contributed by atoms with van der Waals surface area (Å²) < 4.78 is 28.3. The largest absolute Gasteiger partial charge is 0.478 e. The van der Waals surface area contributed by atoms with E-state index >= 15 is 0 Å². The number of carbonyl (C=O) groups is 1. The quantitative estimate of drug-likeness (QED) is 0.670. The van der Waals surface area contributed by atoms with E-state index in [0.29, 0.717) is 11.1 Å². The Hall–Kier alpha value is -2.69. The number of carboxylic acids is 1. The molecule has 2 aromatic carbocycles. The lowest BCUT2D eigenvalue weighted by Crippen LogP contribution is -2.01. The van der Waals surface area contributed by atoms with Crippen LogP contribution in [0.4, 0.5) is 8.78 Å². The maximum Gasteiger partial charge on any atom is 0.387 e. The van der Waals surface area contributed by atoms with Gasteiger partial charge in [-0.2, -0.15) is 8.78 Å². The Morgan fingerprint density at radius 3 is 2.19 bits per heavy atom. The van der Waals surface area contributed by atoms with Gasteiger partial charge < -0.3 is 9.84 Å². The Morgan fingerprint density at radius 1 is 1.05 bits per heavy atom. The summed E-state index contributed by atoms with van der Waals surface area (Å²) in [6.45, 7) is -2.88. The number of carboxylic acid groups (broad SMARTS) is 1. The van der Waals surface area contributed by atoms with Crippen LogP contribution in [0.15, 0.2) is 54.6 Å². The highest BCUT2D eigenvalue weighted by Crippen LogP contribution is 2.21. The van der Waals surface area contributed by atoms with Crippen molar-refractivity contribution in [2.45, 2.75) is 6.61 Å². The molecule has 0 atom stereocenters. The van der Waals surface area contributed by atoms with Gasteiger partial charge in [0.05, 0.1) is 5.57 Å². The van der Waals surface area contributed by atoms with Crippen LogP contribution in [0.5, 0.6) is 5.75 Å². The van der Waals surface area contributed by atoms with Crippen molar-refractivity contribution in [2.75, 3.05) is 0 Å². The lowest BCUT2D eigenvalue weighted by atomic mass is 10.0. The van der Waals surface area contributed by atoms with Crippen LogP contribution in [0, 0.1) is 0 Å². The monoisotopic (exact) mass is 290 g/mol. The van der Waals surface area contributed by atoms with Gasteiger partial charge in [0.1, 0.15) is 5.75 Å². The van der Waals surface area contributed by atoms with Crippen LogP contribution >= 0.6 is 0 Å². The molecule has 0 amide bonds. The Balaban J connectivity index is 2.29. The van der Waals surface area contributed by atoms with Gasteiger partial charge in [-0.3, -0.25) is 0 Å². The van der Waals surface area contributed by atoms with Crippen LogP contribution in [0.3, 0.4) is 0 Å². The maximum absolute atomic E-state index is 12.0. The molecular formula is C16H12F2O3. The van der Waals surface area contributed by atoms with Crippen LogP contribution in [0.25, 0.3) is 11.6 Å². The highest BCUT2D eigenvalue weighted by molar-refractivity contribution is 6.20. The zero-order valence-electron chi connectivity index (χ0n) is 10.9. The summed E-state index contributed by atoms with van der Waals surface area (Å²) >= 11 is 0. The zero-order valence-corrected chi connectivity index (χ0v) is 10.9.